The van der Waals surface area contributed by atoms with Crippen molar-refractivity contribution >= 4 is 11.9 Å². The molecular formula is C37H60O5. The standard InChI is InChI=1S/C37H60O5/c1-5-6-7-8-29-11-17-32(18-12-29)33-19-13-30(14-20-33)9-10-31-15-21-34(22-16-31)35(26-42-36(39)27(2)3)23-24-41-37(40)28(4)25-38/h9-10,29-35,38H,2,4-8,11-26H2,1,3H3/b10-9+. The van der Waals surface area contributed by atoms with Crippen LogP contribution in [0.1, 0.15) is 123 Å². The van der Waals surface area contributed by atoms with Gasteiger partial charge in [0.05, 0.1) is 25.4 Å². The highest BCUT2D eigenvalue weighted by Gasteiger charge is 2.31. The van der Waals surface area contributed by atoms with Crippen LogP contribution in [0.5, 0.6) is 0 Å². The van der Waals surface area contributed by atoms with E-state index in [1.165, 1.54) is 77.0 Å². The number of hydrogen-bond donors (Lipinski definition) is 1. The van der Waals surface area contributed by atoms with Crippen LogP contribution < -0.4 is 0 Å². The summed E-state index contributed by atoms with van der Waals surface area (Å²) in [6, 6.07) is 0. The Bertz CT molecular complexity index is 867. The molecule has 0 amide bonds. The smallest absolute Gasteiger partial charge is 0.335 e. The zero-order valence-corrected chi connectivity index (χ0v) is 26.8. The van der Waals surface area contributed by atoms with Crippen molar-refractivity contribution in [3.05, 3.63) is 36.5 Å². The number of ether oxygens (including phenoxy) is 2. The van der Waals surface area contributed by atoms with E-state index in [1.807, 2.05) is 0 Å². The van der Waals surface area contributed by atoms with Gasteiger partial charge in [-0.15, -0.1) is 0 Å². The minimum Gasteiger partial charge on any atom is -0.462 e. The van der Waals surface area contributed by atoms with Gasteiger partial charge in [0.15, 0.2) is 0 Å². The third kappa shape index (κ3) is 11.7. The maximum Gasteiger partial charge on any atom is 0.335 e. The number of esters is 2. The fourth-order valence-electron chi connectivity index (χ4n) is 7.79. The Balaban J connectivity index is 1.38. The van der Waals surface area contributed by atoms with Crippen LogP contribution in [0.25, 0.3) is 0 Å². The van der Waals surface area contributed by atoms with Crippen LogP contribution >= 0.6 is 0 Å². The minimum atomic E-state index is -0.566. The lowest BCUT2D eigenvalue weighted by atomic mass is 9.68. The molecule has 0 radical (unpaired) electrons. The molecule has 3 fully saturated rings. The van der Waals surface area contributed by atoms with Crippen molar-refractivity contribution in [2.45, 2.75) is 123 Å². The van der Waals surface area contributed by atoms with E-state index >= 15 is 0 Å². The number of unbranched alkanes of at least 4 members (excludes halogenated alkanes) is 2. The maximum absolute atomic E-state index is 12.0. The first kappa shape index (κ1) is 34.6. The van der Waals surface area contributed by atoms with Gasteiger partial charge in [-0.2, -0.15) is 0 Å². The summed E-state index contributed by atoms with van der Waals surface area (Å²) in [5.74, 6) is 3.99. The van der Waals surface area contributed by atoms with Gasteiger partial charge in [-0.05, 0) is 119 Å². The van der Waals surface area contributed by atoms with E-state index in [1.54, 1.807) is 6.92 Å². The molecule has 0 aromatic rings. The van der Waals surface area contributed by atoms with Gasteiger partial charge in [-0.1, -0.05) is 70.8 Å². The lowest BCUT2D eigenvalue weighted by Gasteiger charge is -2.37. The van der Waals surface area contributed by atoms with Gasteiger partial charge in [-0.3, -0.25) is 0 Å². The second-order valence-corrected chi connectivity index (χ2v) is 13.8. The first-order valence-electron chi connectivity index (χ1n) is 17.3. The van der Waals surface area contributed by atoms with Gasteiger partial charge in [0.1, 0.15) is 0 Å². The highest BCUT2D eigenvalue weighted by molar-refractivity contribution is 5.88. The summed E-state index contributed by atoms with van der Waals surface area (Å²) in [6.07, 6.45) is 27.4. The Morgan fingerprint density at radius 1 is 0.810 bits per heavy atom. The van der Waals surface area contributed by atoms with E-state index < -0.39 is 12.6 Å². The zero-order valence-electron chi connectivity index (χ0n) is 26.8. The quantitative estimate of drug-likeness (QED) is 0.0850. The van der Waals surface area contributed by atoms with E-state index in [4.69, 9.17) is 14.6 Å². The summed E-state index contributed by atoms with van der Waals surface area (Å²) in [6.45, 7) is 11.3. The number of aliphatic hydroxyl groups excluding tert-OH is 1. The number of hydrogen-bond acceptors (Lipinski definition) is 5. The van der Waals surface area contributed by atoms with Crippen LogP contribution in [0, 0.1) is 41.4 Å². The highest BCUT2D eigenvalue weighted by atomic mass is 16.5. The van der Waals surface area contributed by atoms with Gasteiger partial charge in [-0.25, -0.2) is 9.59 Å². The molecule has 0 aromatic carbocycles. The minimum absolute atomic E-state index is 0.0568. The maximum atomic E-state index is 12.0. The lowest BCUT2D eigenvalue weighted by molar-refractivity contribution is -0.144. The van der Waals surface area contributed by atoms with Crippen LogP contribution in [0.15, 0.2) is 36.5 Å². The summed E-state index contributed by atoms with van der Waals surface area (Å²) < 4.78 is 10.8. The molecule has 3 aliphatic carbocycles. The summed E-state index contributed by atoms with van der Waals surface area (Å²) in [4.78, 5) is 23.9. The van der Waals surface area contributed by atoms with Crippen molar-refractivity contribution in [3.8, 4) is 0 Å². The predicted octanol–water partition coefficient (Wildman–Crippen LogP) is 8.76. The average molecular weight is 585 g/mol. The Morgan fingerprint density at radius 2 is 1.38 bits per heavy atom. The van der Waals surface area contributed by atoms with E-state index in [2.05, 4.69) is 32.2 Å². The van der Waals surface area contributed by atoms with Gasteiger partial charge in [0.25, 0.3) is 0 Å². The molecule has 0 heterocycles. The van der Waals surface area contributed by atoms with Crippen LogP contribution in [0.2, 0.25) is 0 Å². The molecule has 0 saturated heterocycles. The van der Waals surface area contributed by atoms with Crippen LogP contribution in [0.3, 0.4) is 0 Å². The van der Waals surface area contributed by atoms with E-state index in [0.717, 1.165) is 49.4 Å². The number of allylic oxidation sites excluding steroid dienone is 2. The molecule has 0 spiro atoms. The monoisotopic (exact) mass is 584 g/mol. The Kier molecular flexibility index (Phi) is 15.4. The van der Waals surface area contributed by atoms with Gasteiger partial charge >= 0.3 is 11.9 Å². The number of carbonyl (C=O) groups is 2. The molecule has 5 heteroatoms. The fraction of sp³-hybridized carbons (Fsp3) is 0.784. The molecule has 0 aromatic heterocycles. The Morgan fingerprint density at radius 3 is 1.93 bits per heavy atom. The molecule has 238 valence electrons. The first-order valence-corrected chi connectivity index (χ1v) is 17.3. The SMILES string of the molecule is C=C(C)C(=O)OCC(CCOC(=O)C(=C)CO)C1CCC(/C=C/C2CCC(C3CCC(CCCCC)CC3)CC2)CC1. The molecule has 3 rings (SSSR count). The molecule has 3 saturated carbocycles. The molecule has 42 heavy (non-hydrogen) atoms. The van der Waals surface area contributed by atoms with E-state index in [-0.39, 0.29) is 24.1 Å². The number of aliphatic hydroxyl groups is 1. The molecular weight excluding hydrogens is 524 g/mol. The Labute approximate surface area is 256 Å². The second-order valence-electron chi connectivity index (χ2n) is 13.8. The topological polar surface area (TPSA) is 72.8 Å². The summed E-state index contributed by atoms with van der Waals surface area (Å²) in [5, 5.41) is 9.10. The van der Waals surface area contributed by atoms with Gasteiger partial charge < -0.3 is 14.6 Å². The molecule has 5 nitrogen and oxygen atoms in total. The molecule has 3 aliphatic rings. The van der Waals surface area contributed by atoms with E-state index in [0.29, 0.717) is 30.4 Å². The third-order valence-corrected chi connectivity index (χ3v) is 10.7. The second kappa shape index (κ2) is 18.7. The molecule has 0 bridgehead atoms. The normalized spacial score (nSPS) is 29.1. The van der Waals surface area contributed by atoms with Crippen LogP contribution in [-0.2, 0) is 19.1 Å². The van der Waals surface area contributed by atoms with E-state index in [9.17, 15) is 9.59 Å². The van der Waals surface area contributed by atoms with Crippen molar-refractivity contribution in [1.82, 2.24) is 0 Å². The first-order chi connectivity index (χ1) is 20.3. The van der Waals surface area contributed by atoms with Crippen LogP contribution in [0.4, 0.5) is 0 Å². The average Bonchev–Trinajstić information content (AvgIpc) is 3.02. The van der Waals surface area contributed by atoms with Crippen molar-refractivity contribution in [2.75, 3.05) is 19.8 Å². The third-order valence-electron chi connectivity index (χ3n) is 10.7. The predicted molar refractivity (Wildman–Crippen MR) is 171 cm³/mol. The summed E-state index contributed by atoms with van der Waals surface area (Å²) >= 11 is 0. The zero-order chi connectivity index (χ0) is 30.3. The molecule has 1 atom stereocenters. The summed E-state index contributed by atoms with van der Waals surface area (Å²) in [7, 11) is 0. The lowest BCUT2D eigenvalue weighted by Crippen LogP contribution is -2.28. The fourth-order valence-corrected chi connectivity index (χ4v) is 7.79. The largest absolute Gasteiger partial charge is 0.462 e. The Hall–Kier alpha value is -1.88. The van der Waals surface area contributed by atoms with Gasteiger partial charge in [0.2, 0.25) is 0 Å². The van der Waals surface area contributed by atoms with Crippen molar-refractivity contribution in [2.24, 2.45) is 41.4 Å². The van der Waals surface area contributed by atoms with Crippen LogP contribution in [-0.4, -0.2) is 36.9 Å². The number of rotatable bonds is 16. The van der Waals surface area contributed by atoms with Crippen molar-refractivity contribution in [3.63, 3.8) is 0 Å². The number of carbonyl (C=O) groups excluding carboxylic acids is 2. The molecule has 0 aliphatic heterocycles. The van der Waals surface area contributed by atoms with Crippen molar-refractivity contribution < 1.29 is 24.2 Å². The summed E-state index contributed by atoms with van der Waals surface area (Å²) in [5.41, 5.74) is 0.453. The molecule has 1 unspecified atom stereocenters. The molecule has 1 N–H and O–H groups in total. The van der Waals surface area contributed by atoms with Gasteiger partial charge in [0, 0.05) is 5.57 Å². The highest BCUT2D eigenvalue weighted by Crippen LogP contribution is 2.43. The van der Waals surface area contributed by atoms with Crippen molar-refractivity contribution in [1.29, 1.82) is 0 Å².